The maximum absolute atomic E-state index is 13.0. The number of ether oxygens (including phenoxy) is 3. The van der Waals surface area contributed by atoms with Crippen LogP contribution in [0, 0.1) is 13.8 Å². The molecule has 1 aromatic heterocycles. The van der Waals surface area contributed by atoms with Gasteiger partial charge in [0.2, 0.25) is 0 Å². The predicted molar refractivity (Wildman–Crippen MR) is 147 cm³/mol. The maximum Gasteiger partial charge on any atom is 0.253 e. The molecule has 0 amide bonds. The van der Waals surface area contributed by atoms with Crippen molar-refractivity contribution in [2.75, 3.05) is 33.9 Å². The molecule has 7 nitrogen and oxygen atoms in total. The molecule has 1 fully saturated rings. The van der Waals surface area contributed by atoms with Crippen LogP contribution < -0.4 is 20.3 Å². The molecule has 1 aliphatic heterocycles. The predicted octanol–water partition coefficient (Wildman–Crippen LogP) is 4.26. The summed E-state index contributed by atoms with van der Waals surface area (Å²) < 4.78 is 16.6. The Balaban J connectivity index is 1.48. The Bertz CT molecular complexity index is 1280. The van der Waals surface area contributed by atoms with E-state index in [1.807, 2.05) is 31.2 Å². The topological polar surface area (TPSA) is 75.8 Å². The average molecular weight is 510 g/mol. The summed E-state index contributed by atoms with van der Waals surface area (Å²) in [4.78, 5) is 18.1. The lowest BCUT2D eigenvalue weighted by Gasteiger charge is -2.28. The van der Waals surface area contributed by atoms with Crippen LogP contribution >= 0.6 is 12.2 Å². The van der Waals surface area contributed by atoms with Crippen LogP contribution in [0.3, 0.4) is 0 Å². The summed E-state index contributed by atoms with van der Waals surface area (Å²) in [7, 11) is 3.26. The number of H-pyrrole nitrogens is 1. The van der Waals surface area contributed by atoms with Crippen molar-refractivity contribution >= 4 is 28.2 Å². The summed E-state index contributed by atoms with van der Waals surface area (Å²) in [6.07, 6.45) is 2.92. The van der Waals surface area contributed by atoms with Crippen LogP contribution in [-0.4, -0.2) is 55.0 Å². The summed E-state index contributed by atoms with van der Waals surface area (Å²) >= 11 is 5.79. The number of benzene rings is 2. The molecular weight excluding hydrogens is 474 g/mol. The van der Waals surface area contributed by atoms with Crippen molar-refractivity contribution in [2.45, 2.75) is 45.8 Å². The largest absolute Gasteiger partial charge is 0.493 e. The number of thiocarbonyl (C=S) groups is 1. The second-order valence-corrected chi connectivity index (χ2v) is 9.67. The zero-order valence-corrected chi connectivity index (χ0v) is 22.3. The van der Waals surface area contributed by atoms with Crippen LogP contribution in [0.4, 0.5) is 0 Å². The monoisotopic (exact) mass is 509 g/mol. The van der Waals surface area contributed by atoms with Crippen LogP contribution in [0.2, 0.25) is 0 Å². The molecule has 2 N–H and O–H groups in total. The number of pyridine rings is 1. The number of nitrogens with zero attached hydrogens (tertiary/aromatic N) is 1. The number of rotatable bonds is 9. The fraction of sp³-hybridized carbons (Fsp3) is 0.429. The van der Waals surface area contributed by atoms with Gasteiger partial charge in [0.05, 0.1) is 32.4 Å². The van der Waals surface area contributed by atoms with E-state index in [0.29, 0.717) is 41.8 Å². The second kappa shape index (κ2) is 11.8. The highest BCUT2D eigenvalue weighted by molar-refractivity contribution is 7.80. The number of fused-ring (bicyclic) bond motifs is 1. The lowest BCUT2D eigenvalue weighted by Crippen LogP contribution is -2.44. The van der Waals surface area contributed by atoms with Gasteiger partial charge in [0.1, 0.15) is 0 Å². The van der Waals surface area contributed by atoms with E-state index in [-0.39, 0.29) is 11.7 Å². The van der Waals surface area contributed by atoms with Crippen LogP contribution in [0.1, 0.15) is 35.1 Å². The number of aryl methyl sites for hydroxylation is 2. The minimum atomic E-state index is -0.0818. The minimum absolute atomic E-state index is 0.0818. The smallest absolute Gasteiger partial charge is 0.253 e. The Hall–Kier alpha value is -3.10. The molecule has 4 rings (SSSR count). The highest BCUT2D eigenvalue weighted by Crippen LogP contribution is 2.27. The van der Waals surface area contributed by atoms with Gasteiger partial charge in [-0.2, -0.15) is 0 Å². The van der Waals surface area contributed by atoms with E-state index in [1.165, 1.54) is 0 Å². The zero-order chi connectivity index (χ0) is 25.7. The van der Waals surface area contributed by atoms with Gasteiger partial charge < -0.3 is 29.4 Å². The van der Waals surface area contributed by atoms with E-state index in [1.54, 1.807) is 14.2 Å². The third-order valence-corrected chi connectivity index (χ3v) is 7.26. The standard InChI is InChI=1S/C28H35N3O4S/c1-18-7-9-21-15-22(27(32)30-26(21)19(18)2)16-31(17-23-6-5-13-35-23)28(36)29-12-11-20-8-10-24(33-3)25(14-20)34-4/h7-10,14-15,23H,5-6,11-13,16-17H2,1-4H3,(H,29,36)(H,30,32). The summed E-state index contributed by atoms with van der Waals surface area (Å²) in [6.45, 7) is 6.58. The first-order valence-corrected chi connectivity index (χ1v) is 12.8. The molecule has 2 heterocycles. The number of nitrogens with one attached hydrogen (secondary N) is 2. The van der Waals surface area contributed by atoms with Crippen molar-refractivity contribution in [3.05, 3.63) is 69.0 Å². The van der Waals surface area contributed by atoms with Crippen LogP contribution in [0.25, 0.3) is 10.9 Å². The summed E-state index contributed by atoms with van der Waals surface area (Å²) in [6, 6.07) is 12.0. The van der Waals surface area contributed by atoms with Gasteiger partial charge >= 0.3 is 0 Å². The van der Waals surface area contributed by atoms with Crippen LogP contribution in [0.5, 0.6) is 11.5 Å². The van der Waals surface area contributed by atoms with E-state index in [2.05, 4.69) is 34.3 Å². The molecule has 1 unspecified atom stereocenters. The van der Waals surface area contributed by atoms with Gasteiger partial charge in [-0.05, 0) is 85.6 Å². The molecule has 192 valence electrons. The zero-order valence-electron chi connectivity index (χ0n) is 21.5. The van der Waals surface area contributed by atoms with E-state index in [0.717, 1.165) is 53.5 Å². The van der Waals surface area contributed by atoms with Crippen LogP contribution in [-0.2, 0) is 17.7 Å². The van der Waals surface area contributed by atoms with Gasteiger partial charge in [0.25, 0.3) is 5.56 Å². The first-order chi connectivity index (χ1) is 17.4. The Morgan fingerprint density at radius 1 is 1.17 bits per heavy atom. The number of aromatic amines is 1. The van der Waals surface area contributed by atoms with Gasteiger partial charge in [0, 0.05) is 25.3 Å². The van der Waals surface area contributed by atoms with Gasteiger partial charge in [-0.3, -0.25) is 4.79 Å². The highest BCUT2D eigenvalue weighted by atomic mass is 32.1. The second-order valence-electron chi connectivity index (χ2n) is 9.28. The van der Waals surface area contributed by atoms with E-state index < -0.39 is 0 Å². The first kappa shape index (κ1) is 26.0. The normalized spacial score (nSPS) is 15.2. The molecule has 0 saturated carbocycles. The molecule has 1 saturated heterocycles. The molecule has 2 aromatic carbocycles. The van der Waals surface area contributed by atoms with Crippen LogP contribution in [0.15, 0.2) is 41.2 Å². The average Bonchev–Trinajstić information content (AvgIpc) is 3.40. The summed E-state index contributed by atoms with van der Waals surface area (Å²) in [5.74, 6) is 1.41. The van der Waals surface area contributed by atoms with E-state index in [4.69, 9.17) is 26.4 Å². The molecule has 1 aliphatic rings. The summed E-state index contributed by atoms with van der Waals surface area (Å²) in [5.41, 5.74) is 4.87. The highest BCUT2D eigenvalue weighted by Gasteiger charge is 2.22. The maximum atomic E-state index is 13.0. The van der Waals surface area contributed by atoms with Gasteiger partial charge in [0.15, 0.2) is 16.6 Å². The third-order valence-electron chi connectivity index (χ3n) is 6.86. The molecule has 0 bridgehead atoms. The molecule has 0 spiro atoms. The summed E-state index contributed by atoms with van der Waals surface area (Å²) in [5, 5.41) is 5.02. The quantitative estimate of drug-likeness (QED) is 0.418. The Labute approximate surface area is 217 Å². The van der Waals surface area contributed by atoms with E-state index in [9.17, 15) is 4.79 Å². The van der Waals surface area contributed by atoms with Gasteiger partial charge in [-0.25, -0.2) is 0 Å². The van der Waals surface area contributed by atoms with E-state index >= 15 is 0 Å². The molecule has 3 aromatic rings. The fourth-order valence-electron chi connectivity index (χ4n) is 4.61. The molecule has 36 heavy (non-hydrogen) atoms. The van der Waals surface area contributed by atoms with Crippen molar-refractivity contribution in [1.29, 1.82) is 0 Å². The van der Waals surface area contributed by atoms with Gasteiger partial charge in [-0.1, -0.05) is 18.2 Å². The third kappa shape index (κ3) is 5.99. The number of hydrogen-bond acceptors (Lipinski definition) is 5. The minimum Gasteiger partial charge on any atom is -0.493 e. The number of hydrogen-bond donors (Lipinski definition) is 2. The lowest BCUT2D eigenvalue weighted by atomic mass is 10.0. The van der Waals surface area contributed by atoms with Crippen molar-refractivity contribution in [2.24, 2.45) is 0 Å². The number of methoxy groups -OCH3 is 2. The van der Waals surface area contributed by atoms with Crippen molar-refractivity contribution in [3.8, 4) is 11.5 Å². The first-order valence-electron chi connectivity index (χ1n) is 12.4. The fourth-order valence-corrected chi connectivity index (χ4v) is 4.85. The molecular formula is C28H35N3O4S. The number of aromatic nitrogens is 1. The molecule has 0 radical (unpaired) electrons. The molecule has 1 atom stereocenters. The van der Waals surface area contributed by atoms with Gasteiger partial charge in [-0.15, -0.1) is 0 Å². The Morgan fingerprint density at radius 2 is 1.97 bits per heavy atom. The SMILES string of the molecule is COc1ccc(CCNC(=S)N(Cc2cc3ccc(C)c(C)c3[nH]c2=O)CC2CCCO2)cc1OC. The van der Waals surface area contributed by atoms with Crippen molar-refractivity contribution in [1.82, 2.24) is 15.2 Å². The van der Waals surface area contributed by atoms with Crippen molar-refractivity contribution in [3.63, 3.8) is 0 Å². The lowest BCUT2D eigenvalue weighted by molar-refractivity contribution is 0.0897. The Kier molecular flexibility index (Phi) is 8.48. The Morgan fingerprint density at radius 3 is 2.69 bits per heavy atom. The van der Waals surface area contributed by atoms with Crippen molar-refractivity contribution < 1.29 is 14.2 Å². The molecule has 8 heteroatoms. The molecule has 0 aliphatic carbocycles.